The Labute approximate surface area is 159 Å². The van der Waals surface area contributed by atoms with Gasteiger partial charge in [0.2, 0.25) is 0 Å². The number of nitrogens with zero attached hydrogens (tertiary/aromatic N) is 1. The maximum Gasteiger partial charge on any atom is 0.130 e. The van der Waals surface area contributed by atoms with Crippen molar-refractivity contribution >= 4 is 22.3 Å². The molecular formula is C22H25N3O2. The van der Waals surface area contributed by atoms with Crippen LogP contribution in [0.5, 0.6) is 11.5 Å². The highest BCUT2D eigenvalue weighted by molar-refractivity contribution is 5.85. The third kappa shape index (κ3) is 4.31. The second-order valence-electron chi connectivity index (χ2n) is 7.09. The molecule has 1 heterocycles. The third-order valence-corrected chi connectivity index (χ3v) is 5.06. The average Bonchev–Trinajstić information content (AvgIpc) is 2.70. The van der Waals surface area contributed by atoms with Gasteiger partial charge in [-0.1, -0.05) is 6.07 Å². The van der Waals surface area contributed by atoms with Gasteiger partial charge in [-0.25, -0.2) is 4.98 Å². The van der Waals surface area contributed by atoms with Gasteiger partial charge in [0, 0.05) is 29.4 Å². The van der Waals surface area contributed by atoms with Crippen LogP contribution in [0.1, 0.15) is 25.7 Å². The molecule has 1 saturated carbocycles. The first-order valence-corrected chi connectivity index (χ1v) is 9.43. The SMILES string of the molecule is COc1cccc(Nc2cc3cc(OC4CCC(N)CC4)ccc3cn2)c1. The van der Waals surface area contributed by atoms with Crippen molar-refractivity contribution in [1.29, 1.82) is 0 Å². The molecule has 0 radical (unpaired) electrons. The first-order chi connectivity index (χ1) is 13.2. The smallest absolute Gasteiger partial charge is 0.130 e. The van der Waals surface area contributed by atoms with Crippen LogP contribution in [0.3, 0.4) is 0 Å². The van der Waals surface area contributed by atoms with E-state index in [4.69, 9.17) is 15.2 Å². The summed E-state index contributed by atoms with van der Waals surface area (Å²) in [4.78, 5) is 4.50. The molecule has 1 aromatic heterocycles. The number of methoxy groups -OCH3 is 1. The first-order valence-electron chi connectivity index (χ1n) is 9.43. The lowest BCUT2D eigenvalue weighted by Crippen LogP contribution is -2.31. The molecule has 0 spiro atoms. The van der Waals surface area contributed by atoms with E-state index < -0.39 is 0 Å². The highest BCUT2D eigenvalue weighted by atomic mass is 16.5. The molecule has 4 rings (SSSR count). The van der Waals surface area contributed by atoms with Gasteiger partial charge in [-0.05, 0) is 67.5 Å². The van der Waals surface area contributed by atoms with Crippen LogP contribution >= 0.6 is 0 Å². The molecule has 140 valence electrons. The third-order valence-electron chi connectivity index (χ3n) is 5.06. The van der Waals surface area contributed by atoms with Crippen molar-refractivity contribution in [1.82, 2.24) is 4.98 Å². The predicted octanol–water partition coefficient (Wildman–Crippen LogP) is 4.64. The minimum absolute atomic E-state index is 0.262. The van der Waals surface area contributed by atoms with Crippen LogP contribution in [0, 0.1) is 0 Å². The molecule has 0 unspecified atom stereocenters. The number of nitrogens with one attached hydrogen (secondary N) is 1. The van der Waals surface area contributed by atoms with Crippen LogP contribution in [0.15, 0.2) is 54.7 Å². The Morgan fingerprint density at radius 1 is 0.963 bits per heavy atom. The number of ether oxygens (including phenoxy) is 2. The molecule has 0 amide bonds. The van der Waals surface area contributed by atoms with Crippen molar-refractivity contribution < 1.29 is 9.47 Å². The standard InChI is InChI=1S/C22H25N3O2/c1-26-20-4-2-3-18(13-20)25-22-12-16-11-21(8-5-15(16)14-24-22)27-19-9-6-17(23)7-10-19/h2-5,8,11-14,17,19H,6-7,9-10,23H2,1H3,(H,24,25). The Hall–Kier alpha value is -2.79. The summed E-state index contributed by atoms with van der Waals surface area (Å²) in [5.74, 6) is 2.50. The van der Waals surface area contributed by atoms with E-state index in [9.17, 15) is 0 Å². The van der Waals surface area contributed by atoms with Crippen molar-refractivity contribution in [2.45, 2.75) is 37.8 Å². The van der Waals surface area contributed by atoms with Crippen LogP contribution < -0.4 is 20.5 Å². The lowest BCUT2D eigenvalue weighted by Gasteiger charge is -2.26. The number of rotatable bonds is 5. The lowest BCUT2D eigenvalue weighted by atomic mass is 9.94. The molecule has 5 nitrogen and oxygen atoms in total. The highest BCUT2D eigenvalue weighted by Gasteiger charge is 2.19. The number of benzene rings is 2. The molecule has 1 aliphatic rings. The Kier molecular flexibility index (Phi) is 5.12. The number of aromatic nitrogens is 1. The van der Waals surface area contributed by atoms with E-state index in [1.54, 1.807) is 7.11 Å². The van der Waals surface area contributed by atoms with Gasteiger partial charge < -0.3 is 20.5 Å². The molecule has 5 heteroatoms. The Bertz CT molecular complexity index is 920. The molecule has 3 N–H and O–H groups in total. The molecule has 1 fully saturated rings. The van der Waals surface area contributed by atoms with E-state index in [-0.39, 0.29) is 6.10 Å². The molecule has 27 heavy (non-hydrogen) atoms. The van der Waals surface area contributed by atoms with E-state index in [2.05, 4.69) is 22.4 Å². The molecule has 0 saturated heterocycles. The van der Waals surface area contributed by atoms with E-state index >= 15 is 0 Å². The highest BCUT2D eigenvalue weighted by Crippen LogP contribution is 2.28. The molecule has 0 bridgehead atoms. The van der Waals surface area contributed by atoms with Gasteiger partial charge in [0.25, 0.3) is 0 Å². The summed E-state index contributed by atoms with van der Waals surface area (Å²) in [7, 11) is 1.66. The fourth-order valence-corrected chi connectivity index (χ4v) is 3.51. The number of hydrogen-bond acceptors (Lipinski definition) is 5. The topological polar surface area (TPSA) is 69.4 Å². The number of hydrogen-bond donors (Lipinski definition) is 2. The van der Waals surface area contributed by atoms with E-state index in [1.807, 2.05) is 42.6 Å². The molecule has 1 aliphatic carbocycles. The molecular weight excluding hydrogens is 338 g/mol. The van der Waals surface area contributed by atoms with Gasteiger partial charge in [0.05, 0.1) is 13.2 Å². The van der Waals surface area contributed by atoms with Crippen molar-refractivity contribution in [3.05, 3.63) is 54.7 Å². The van der Waals surface area contributed by atoms with Crippen molar-refractivity contribution in [2.24, 2.45) is 5.73 Å². The van der Waals surface area contributed by atoms with E-state index in [0.29, 0.717) is 6.04 Å². The summed E-state index contributed by atoms with van der Waals surface area (Å²) in [5.41, 5.74) is 6.92. The monoisotopic (exact) mass is 363 g/mol. The minimum atomic E-state index is 0.262. The summed E-state index contributed by atoms with van der Waals surface area (Å²) >= 11 is 0. The molecule has 3 aromatic rings. The minimum Gasteiger partial charge on any atom is -0.497 e. The van der Waals surface area contributed by atoms with Crippen LogP contribution in [0.2, 0.25) is 0 Å². The fourth-order valence-electron chi connectivity index (χ4n) is 3.51. The van der Waals surface area contributed by atoms with Crippen LogP contribution in [-0.2, 0) is 0 Å². The summed E-state index contributed by atoms with van der Waals surface area (Å²) in [6, 6.07) is 16.3. The summed E-state index contributed by atoms with van der Waals surface area (Å²) in [6.07, 6.45) is 6.27. The Balaban J connectivity index is 1.52. The number of nitrogens with two attached hydrogens (primary N) is 1. The van der Waals surface area contributed by atoms with Gasteiger partial charge in [0.15, 0.2) is 0 Å². The zero-order valence-corrected chi connectivity index (χ0v) is 15.5. The number of pyridine rings is 1. The summed E-state index contributed by atoms with van der Waals surface area (Å²) < 4.78 is 11.5. The first kappa shape index (κ1) is 17.6. The van der Waals surface area contributed by atoms with Gasteiger partial charge in [0.1, 0.15) is 17.3 Å². The van der Waals surface area contributed by atoms with Gasteiger partial charge in [-0.3, -0.25) is 0 Å². The van der Waals surface area contributed by atoms with Crippen molar-refractivity contribution in [3.63, 3.8) is 0 Å². The Morgan fingerprint density at radius 2 is 1.81 bits per heavy atom. The van der Waals surface area contributed by atoms with Gasteiger partial charge in [-0.2, -0.15) is 0 Å². The van der Waals surface area contributed by atoms with E-state index in [1.165, 1.54) is 0 Å². The largest absolute Gasteiger partial charge is 0.497 e. The average molecular weight is 363 g/mol. The quantitative estimate of drug-likeness (QED) is 0.691. The van der Waals surface area contributed by atoms with Crippen molar-refractivity contribution in [3.8, 4) is 11.5 Å². The number of fused-ring (bicyclic) bond motifs is 1. The Morgan fingerprint density at radius 3 is 2.63 bits per heavy atom. The van der Waals surface area contributed by atoms with Crippen LogP contribution in [0.25, 0.3) is 10.8 Å². The van der Waals surface area contributed by atoms with Gasteiger partial charge >= 0.3 is 0 Å². The predicted molar refractivity (Wildman–Crippen MR) is 109 cm³/mol. The van der Waals surface area contributed by atoms with E-state index in [0.717, 1.165) is 59.5 Å². The lowest BCUT2D eigenvalue weighted by molar-refractivity contribution is 0.147. The second-order valence-corrected chi connectivity index (χ2v) is 7.09. The molecule has 0 atom stereocenters. The summed E-state index contributed by atoms with van der Waals surface area (Å²) in [6.45, 7) is 0. The van der Waals surface area contributed by atoms with Crippen molar-refractivity contribution in [2.75, 3.05) is 12.4 Å². The van der Waals surface area contributed by atoms with Gasteiger partial charge in [-0.15, -0.1) is 0 Å². The second kappa shape index (κ2) is 7.84. The van der Waals surface area contributed by atoms with Crippen LogP contribution in [-0.4, -0.2) is 24.2 Å². The molecule has 0 aliphatic heterocycles. The fraction of sp³-hybridized carbons (Fsp3) is 0.318. The van der Waals surface area contributed by atoms with Crippen LogP contribution in [0.4, 0.5) is 11.5 Å². The zero-order chi connectivity index (χ0) is 18.6. The maximum absolute atomic E-state index is 6.19. The maximum atomic E-state index is 6.19. The summed E-state index contributed by atoms with van der Waals surface area (Å²) in [5, 5.41) is 5.52. The number of anilines is 2. The normalized spacial score (nSPS) is 19.6. The molecule has 2 aromatic carbocycles. The zero-order valence-electron chi connectivity index (χ0n) is 15.5.